The van der Waals surface area contributed by atoms with Crippen LogP contribution < -0.4 is 4.46 Å². The van der Waals surface area contributed by atoms with Gasteiger partial charge >= 0.3 is 255 Å². The zero-order valence-electron chi connectivity index (χ0n) is 23.6. The molecule has 7 heteroatoms. The van der Waals surface area contributed by atoms with Crippen LogP contribution in [0.3, 0.4) is 0 Å². The molecule has 0 spiro atoms. The second-order valence-electron chi connectivity index (χ2n) is 10.1. The van der Waals surface area contributed by atoms with Crippen molar-refractivity contribution in [1.82, 2.24) is 0 Å². The van der Waals surface area contributed by atoms with Gasteiger partial charge in [0.2, 0.25) is 0 Å². The molecule has 0 N–H and O–H groups in total. The van der Waals surface area contributed by atoms with Gasteiger partial charge in [0.1, 0.15) is 0 Å². The van der Waals surface area contributed by atoms with Crippen LogP contribution in [0, 0.1) is 0 Å². The molecular formula is C35H36O6Se. The Morgan fingerprint density at radius 2 is 1.24 bits per heavy atom. The van der Waals surface area contributed by atoms with Crippen molar-refractivity contribution in [2.45, 2.75) is 56.2 Å². The number of hydrogen-bond donors (Lipinski definition) is 0. The van der Waals surface area contributed by atoms with Crippen LogP contribution in [-0.4, -0.2) is 57.0 Å². The monoisotopic (exact) mass is 632 g/mol. The van der Waals surface area contributed by atoms with Crippen molar-refractivity contribution in [2.24, 2.45) is 0 Å². The average molecular weight is 632 g/mol. The Morgan fingerprint density at radius 3 is 1.81 bits per heavy atom. The second-order valence-corrected chi connectivity index (χ2v) is 12.5. The Bertz CT molecular complexity index is 1340. The summed E-state index contributed by atoms with van der Waals surface area (Å²) in [4.78, 5) is 12.4. The molecule has 1 aliphatic rings. The first-order chi connectivity index (χ1) is 20.7. The van der Waals surface area contributed by atoms with Gasteiger partial charge in [-0.25, -0.2) is 0 Å². The summed E-state index contributed by atoms with van der Waals surface area (Å²) < 4.78 is 33.1. The van der Waals surface area contributed by atoms with Gasteiger partial charge in [0.05, 0.1) is 0 Å². The molecule has 0 aliphatic carbocycles. The first-order valence-electron chi connectivity index (χ1n) is 14.1. The zero-order chi connectivity index (χ0) is 29.0. The Labute approximate surface area is 254 Å². The molecule has 0 saturated carbocycles. The van der Waals surface area contributed by atoms with Gasteiger partial charge in [-0.15, -0.1) is 0 Å². The van der Waals surface area contributed by atoms with E-state index in [1.54, 1.807) is 0 Å². The van der Waals surface area contributed by atoms with Crippen LogP contribution in [0.4, 0.5) is 0 Å². The van der Waals surface area contributed by atoms with Crippen LogP contribution in [0.25, 0.3) is 0 Å². The van der Waals surface area contributed by atoms with Crippen molar-refractivity contribution < 1.29 is 28.5 Å². The molecule has 4 aromatic carbocycles. The molecule has 0 radical (unpaired) electrons. The zero-order valence-corrected chi connectivity index (χ0v) is 25.3. The van der Waals surface area contributed by atoms with Crippen LogP contribution >= 0.6 is 0 Å². The molecule has 1 fully saturated rings. The fourth-order valence-electron chi connectivity index (χ4n) is 4.83. The minimum atomic E-state index is -0.589. The number of esters is 1. The Balaban J connectivity index is 1.41. The molecule has 1 heterocycles. The van der Waals surface area contributed by atoms with E-state index in [-0.39, 0.29) is 32.5 Å². The number of ether oxygens (including phenoxy) is 5. The van der Waals surface area contributed by atoms with E-state index >= 15 is 0 Å². The Hall–Kier alpha value is -3.29. The van der Waals surface area contributed by atoms with E-state index in [1.807, 2.05) is 109 Å². The number of benzene rings is 4. The summed E-state index contributed by atoms with van der Waals surface area (Å²) >= 11 is -0.140. The third-order valence-corrected chi connectivity index (χ3v) is 9.28. The van der Waals surface area contributed by atoms with Gasteiger partial charge in [0.15, 0.2) is 0 Å². The van der Waals surface area contributed by atoms with E-state index in [0.29, 0.717) is 19.8 Å². The molecule has 5 atom stereocenters. The van der Waals surface area contributed by atoms with Crippen molar-refractivity contribution >= 4 is 25.4 Å². The summed E-state index contributed by atoms with van der Waals surface area (Å²) in [5.41, 5.74) is 3.15. The van der Waals surface area contributed by atoms with Crippen LogP contribution in [0.15, 0.2) is 121 Å². The van der Waals surface area contributed by atoms with E-state index < -0.39 is 24.4 Å². The van der Waals surface area contributed by atoms with Crippen LogP contribution in [0.5, 0.6) is 0 Å². The average Bonchev–Trinajstić information content (AvgIpc) is 3.35. The first kappa shape index (κ1) is 30.2. The third-order valence-electron chi connectivity index (χ3n) is 6.86. The van der Waals surface area contributed by atoms with E-state index in [9.17, 15) is 4.79 Å². The number of rotatable bonds is 14. The van der Waals surface area contributed by atoms with Crippen LogP contribution in [0.1, 0.15) is 23.6 Å². The van der Waals surface area contributed by atoms with Crippen molar-refractivity contribution in [3.63, 3.8) is 0 Å². The summed E-state index contributed by atoms with van der Waals surface area (Å²) in [5.74, 6) is -0.367. The van der Waals surface area contributed by atoms with Gasteiger partial charge in [-0.3, -0.25) is 0 Å². The summed E-state index contributed by atoms with van der Waals surface area (Å²) in [6.45, 7) is 2.90. The molecular weight excluding hydrogens is 595 g/mol. The molecule has 5 rings (SSSR count). The van der Waals surface area contributed by atoms with E-state index in [2.05, 4.69) is 12.1 Å². The molecule has 4 aromatic rings. The first-order valence-corrected chi connectivity index (χ1v) is 16.0. The van der Waals surface area contributed by atoms with E-state index in [0.717, 1.165) is 21.2 Å². The standard InChI is InChI=1S/C35H36O6Se/c1-26(36)40-34-33(39-24-29-18-10-4-11-19-29)32(41-35(34)42-30-20-12-5-13-21-30)31(38-23-28-16-8-3-9-17-28)25-37-22-27-14-6-2-7-15-27/h2-21,31-35H,22-25H2,1H3/t31-,32+,33-,34+,35-/m0/s1. The normalized spacial score (nSPS) is 20.7. The topological polar surface area (TPSA) is 63.2 Å². The van der Waals surface area contributed by atoms with E-state index in [4.69, 9.17) is 23.7 Å². The molecule has 0 bridgehead atoms. The van der Waals surface area contributed by atoms with Gasteiger partial charge < -0.3 is 0 Å². The summed E-state index contributed by atoms with van der Waals surface area (Å²) in [6.07, 6.45) is -2.13. The molecule has 0 amide bonds. The van der Waals surface area contributed by atoms with Crippen molar-refractivity contribution in [1.29, 1.82) is 0 Å². The summed E-state index contributed by atoms with van der Waals surface area (Å²) in [7, 11) is 0. The molecule has 218 valence electrons. The van der Waals surface area contributed by atoms with Gasteiger partial charge in [0.25, 0.3) is 0 Å². The molecule has 42 heavy (non-hydrogen) atoms. The maximum atomic E-state index is 12.4. The van der Waals surface area contributed by atoms with Gasteiger partial charge in [-0.05, 0) is 0 Å². The fraction of sp³-hybridized carbons (Fsp3) is 0.286. The van der Waals surface area contributed by atoms with Gasteiger partial charge in [-0.1, -0.05) is 0 Å². The summed E-state index contributed by atoms with van der Waals surface area (Å²) in [5, 5.41) is -0.355. The molecule has 1 aliphatic heterocycles. The number of carbonyl (C=O) groups excluding carboxylic acids is 1. The fourth-order valence-corrected chi connectivity index (χ4v) is 7.16. The number of carbonyl (C=O) groups is 1. The molecule has 0 unspecified atom stereocenters. The second kappa shape index (κ2) is 15.8. The number of hydrogen-bond acceptors (Lipinski definition) is 6. The van der Waals surface area contributed by atoms with E-state index in [1.165, 1.54) is 6.92 Å². The predicted octanol–water partition coefficient (Wildman–Crippen LogP) is 5.06. The molecule has 0 aromatic heterocycles. The predicted molar refractivity (Wildman–Crippen MR) is 162 cm³/mol. The van der Waals surface area contributed by atoms with Crippen molar-refractivity contribution in [3.8, 4) is 0 Å². The SMILES string of the molecule is CC(=O)O[C@@H]1[C@@H](OCc2ccccc2)[C@@H]([C@H](COCc2ccccc2)OCc2ccccc2)O[C@H]1[Se]c1ccccc1. The minimum absolute atomic E-state index is 0.140. The van der Waals surface area contributed by atoms with Gasteiger partial charge in [0, 0.05) is 0 Å². The van der Waals surface area contributed by atoms with Crippen LogP contribution in [-0.2, 0) is 48.3 Å². The Kier molecular flexibility index (Phi) is 11.4. The Morgan fingerprint density at radius 1 is 0.714 bits per heavy atom. The van der Waals surface area contributed by atoms with Gasteiger partial charge in [-0.2, -0.15) is 0 Å². The van der Waals surface area contributed by atoms with Crippen molar-refractivity contribution in [2.75, 3.05) is 6.61 Å². The van der Waals surface area contributed by atoms with Crippen LogP contribution in [0.2, 0.25) is 0 Å². The maximum absolute atomic E-state index is 12.4. The molecule has 1 saturated heterocycles. The third kappa shape index (κ3) is 8.85. The summed E-state index contributed by atoms with van der Waals surface area (Å²) in [6, 6.07) is 40.2. The molecule has 6 nitrogen and oxygen atoms in total. The van der Waals surface area contributed by atoms with Crippen molar-refractivity contribution in [3.05, 3.63) is 138 Å². The quantitative estimate of drug-likeness (QED) is 0.143.